The predicted octanol–water partition coefficient (Wildman–Crippen LogP) is 0.751. The minimum Gasteiger partial charge on any atom is -0.297 e. The van der Waals surface area contributed by atoms with Gasteiger partial charge in [0, 0.05) is 7.05 Å². The van der Waals surface area contributed by atoms with Crippen molar-refractivity contribution in [3.63, 3.8) is 0 Å². The van der Waals surface area contributed by atoms with E-state index < -0.39 is 0 Å². The largest absolute Gasteiger partial charge is 0.297 e. The van der Waals surface area contributed by atoms with E-state index in [0.717, 1.165) is 13.1 Å². The molecule has 1 heterocycles. The Kier molecular flexibility index (Phi) is 1.10. The van der Waals surface area contributed by atoms with E-state index in [0.29, 0.717) is 0 Å². The van der Waals surface area contributed by atoms with Crippen molar-refractivity contribution < 1.29 is 0 Å². The van der Waals surface area contributed by atoms with Crippen molar-refractivity contribution in [3.8, 4) is 0 Å². The van der Waals surface area contributed by atoms with Gasteiger partial charge >= 0.3 is 0 Å². The molecule has 0 unspecified atom stereocenters. The molecule has 2 radical (unpaired) electrons. The van der Waals surface area contributed by atoms with Crippen LogP contribution in [0.25, 0.3) is 0 Å². The van der Waals surface area contributed by atoms with Crippen molar-refractivity contribution in [1.29, 1.82) is 0 Å². The lowest BCUT2D eigenvalue weighted by Gasteiger charge is -1.99. The summed E-state index contributed by atoms with van der Waals surface area (Å²) in [4.78, 5) is 1.86. The third-order valence-corrected chi connectivity index (χ3v) is 1.14. The first kappa shape index (κ1) is 4.13. The van der Waals surface area contributed by atoms with Crippen LogP contribution in [0.4, 0.5) is 0 Å². The number of nitrogens with zero attached hydrogens (tertiary/aromatic N) is 1. The number of hydrogen-bond acceptors (Lipinski definition) is 1. The van der Waals surface area contributed by atoms with E-state index in [1.54, 1.807) is 0 Å². The van der Waals surface area contributed by atoms with E-state index in [-0.39, 0.29) is 0 Å². The Balaban J connectivity index is 2.18. The van der Waals surface area contributed by atoms with E-state index in [9.17, 15) is 0 Å². The Labute approximate surface area is 39.0 Å². The molecule has 0 bridgehead atoms. The molecule has 1 rings (SSSR count). The first-order chi connectivity index (χ1) is 2.89. The second-order valence-corrected chi connectivity index (χ2v) is 1.74. The van der Waals surface area contributed by atoms with Gasteiger partial charge in [0.25, 0.3) is 0 Å². The Hall–Kier alpha value is -0.0400. The molecule has 0 saturated carbocycles. The molecule has 1 aliphatic heterocycles. The lowest BCUT2D eigenvalue weighted by molar-refractivity contribution is 0.462. The lowest BCUT2D eigenvalue weighted by atomic mass is 10.4. The van der Waals surface area contributed by atoms with Crippen LogP contribution < -0.4 is 0 Å². The third kappa shape index (κ3) is 0.716. The molecule has 1 fully saturated rings. The van der Waals surface area contributed by atoms with Gasteiger partial charge in [-0.05, 0) is 25.9 Å². The summed E-state index contributed by atoms with van der Waals surface area (Å²) in [7, 11) is 5.37. The summed E-state index contributed by atoms with van der Waals surface area (Å²) in [5.74, 6) is 0. The highest BCUT2D eigenvalue weighted by atomic mass is 15.1. The van der Waals surface area contributed by atoms with Crippen molar-refractivity contribution in [3.05, 3.63) is 7.05 Å². The molecule has 1 saturated heterocycles. The smallest absolute Gasteiger partial charge is 0.0438 e. The van der Waals surface area contributed by atoms with Crippen LogP contribution in [0, 0.1) is 7.05 Å². The average Bonchev–Trinajstić information content (AvgIpc) is 1.86. The highest BCUT2D eigenvalue weighted by Gasteiger charge is 2.03. The second-order valence-electron chi connectivity index (χ2n) is 1.74. The Morgan fingerprint density at radius 3 is 1.83 bits per heavy atom. The first-order valence-electron chi connectivity index (χ1n) is 2.39. The van der Waals surface area contributed by atoms with Gasteiger partial charge in [-0.15, -0.1) is 0 Å². The van der Waals surface area contributed by atoms with Crippen LogP contribution in [0.15, 0.2) is 0 Å². The number of rotatable bonds is 0. The minimum atomic E-state index is 1.10. The summed E-state index contributed by atoms with van der Waals surface area (Å²) in [6.07, 6.45) is 2.58. The van der Waals surface area contributed by atoms with Crippen LogP contribution >= 0.6 is 0 Å². The van der Waals surface area contributed by atoms with Gasteiger partial charge in [-0.3, -0.25) is 4.90 Å². The lowest BCUT2D eigenvalue weighted by Crippen LogP contribution is -2.07. The highest BCUT2D eigenvalue weighted by molar-refractivity contribution is 4.62. The fourth-order valence-corrected chi connectivity index (χ4v) is 0.742. The summed E-state index contributed by atoms with van der Waals surface area (Å²) in [6.45, 7) is 2.19. The molecule has 0 aliphatic carbocycles. The maximum Gasteiger partial charge on any atom is 0.0438 e. The molecule has 0 atom stereocenters. The van der Waals surface area contributed by atoms with Crippen LogP contribution in [-0.4, -0.2) is 18.0 Å². The van der Waals surface area contributed by atoms with Gasteiger partial charge in [0.15, 0.2) is 0 Å². The molecule has 0 amide bonds. The second kappa shape index (κ2) is 1.61. The zero-order chi connectivity index (χ0) is 4.41. The van der Waals surface area contributed by atoms with Crippen molar-refractivity contribution in [2.75, 3.05) is 13.1 Å². The summed E-state index contributed by atoms with van der Waals surface area (Å²) in [6, 6.07) is 0. The van der Waals surface area contributed by atoms with Crippen molar-refractivity contribution >= 4 is 0 Å². The fraction of sp³-hybridized carbons (Fsp3) is 0.800. The first-order valence-corrected chi connectivity index (χ1v) is 2.39. The van der Waals surface area contributed by atoms with Crippen LogP contribution in [-0.2, 0) is 0 Å². The molecule has 6 heavy (non-hydrogen) atoms. The molecule has 0 N–H and O–H groups in total. The van der Waals surface area contributed by atoms with Gasteiger partial charge in [0.2, 0.25) is 0 Å². The monoisotopic (exact) mass is 83.1 g/mol. The average molecular weight is 83.1 g/mol. The summed E-state index contributed by atoms with van der Waals surface area (Å²) >= 11 is 0. The van der Waals surface area contributed by atoms with Gasteiger partial charge in [0.1, 0.15) is 0 Å². The summed E-state index contributed by atoms with van der Waals surface area (Å²) < 4.78 is 0. The van der Waals surface area contributed by atoms with Crippen LogP contribution in [0.5, 0.6) is 0 Å². The van der Waals surface area contributed by atoms with Crippen LogP contribution in [0.2, 0.25) is 0 Å². The Bertz CT molecular complexity index is 37.2. The molecule has 34 valence electrons. The zero-order valence-corrected chi connectivity index (χ0v) is 3.85. The SMILES string of the molecule is [CH]N1CCCC1. The quantitative estimate of drug-likeness (QED) is 0.417. The van der Waals surface area contributed by atoms with Crippen molar-refractivity contribution in [1.82, 2.24) is 4.90 Å². The van der Waals surface area contributed by atoms with Gasteiger partial charge in [-0.25, -0.2) is 0 Å². The van der Waals surface area contributed by atoms with E-state index in [4.69, 9.17) is 7.05 Å². The van der Waals surface area contributed by atoms with Crippen LogP contribution in [0.1, 0.15) is 12.8 Å². The molecule has 0 aromatic heterocycles. The van der Waals surface area contributed by atoms with Gasteiger partial charge in [-0.2, -0.15) is 0 Å². The Morgan fingerprint density at radius 1 is 1.17 bits per heavy atom. The molecule has 1 nitrogen and oxygen atoms in total. The standard InChI is InChI=1S/C5H9N/c1-6-4-2-3-5-6/h1H,2-5H2. The van der Waals surface area contributed by atoms with Crippen molar-refractivity contribution in [2.45, 2.75) is 12.8 Å². The number of likely N-dealkylation sites (tertiary alicyclic amines) is 1. The maximum atomic E-state index is 5.37. The Morgan fingerprint density at radius 2 is 1.67 bits per heavy atom. The molecule has 0 spiro atoms. The highest BCUT2D eigenvalue weighted by Crippen LogP contribution is 2.03. The molecule has 0 aromatic carbocycles. The normalized spacial score (nSPS) is 25.5. The van der Waals surface area contributed by atoms with E-state index in [1.165, 1.54) is 12.8 Å². The maximum absolute atomic E-state index is 5.37. The third-order valence-electron chi connectivity index (χ3n) is 1.14. The van der Waals surface area contributed by atoms with E-state index >= 15 is 0 Å². The topological polar surface area (TPSA) is 3.24 Å². The van der Waals surface area contributed by atoms with Crippen LogP contribution in [0.3, 0.4) is 0 Å². The molecule has 1 aliphatic rings. The predicted molar refractivity (Wildman–Crippen MR) is 25.1 cm³/mol. The minimum absolute atomic E-state index is 1.10. The van der Waals surface area contributed by atoms with Crippen molar-refractivity contribution in [2.24, 2.45) is 0 Å². The van der Waals surface area contributed by atoms with E-state index in [1.807, 2.05) is 4.90 Å². The zero-order valence-electron chi connectivity index (χ0n) is 3.85. The van der Waals surface area contributed by atoms with Gasteiger partial charge in [-0.1, -0.05) is 0 Å². The molecule has 1 heteroatoms. The fourth-order valence-electron chi connectivity index (χ4n) is 0.742. The molecular formula is C5H9N. The summed E-state index contributed by atoms with van der Waals surface area (Å²) in [5.41, 5.74) is 0. The number of hydrogen-bond donors (Lipinski definition) is 0. The molecular weight excluding hydrogens is 74.1 g/mol. The van der Waals surface area contributed by atoms with E-state index in [2.05, 4.69) is 0 Å². The van der Waals surface area contributed by atoms with Gasteiger partial charge in [0.05, 0.1) is 0 Å². The van der Waals surface area contributed by atoms with Gasteiger partial charge < -0.3 is 0 Å². The molecule has 0 aromatic rings. The summed E-state index contributed by atoms with van der Waals surface area (Å²) in [5, 5.41) is 0.